The second kappa shape index (κ2) is 13.0. The third-order valence-corrected chi connectivity index (χ3v) is 6.78. The van der Waals surface area contributed by atoms with Crippen LogP contribution in [0.5, 0.6) is 11.5 Å². The third-order valence-electron chi connectivity index (χ3n) is 6.78. The molecule has 3 atom stereocenters. The third kappa shape index (κ3) is 7.72. The number of carbonyl (C=O) groups excluding carboxylic acids is 2. The average molecular weight is 517 g/mol. The molecule has 9 heteroatoms. The Morgan fingerprint density at radius 2 is 1.76 bits per heavy atom. The van der Waals surface area contributed by atoms with Crippen LogP contribution in [0.25, 0.3) is 0 Å². The van der Waals surface area contributed by atoms with Gasteiger partial charge < -0.3 is 19.9 Å². The predicted octanol–water partition coefficient (Wildman–Crippen LogP) is 3.99. The number of nitrogens with one attached hydrogen (secondary N) is 1. The van der Waals surface area contributed by atoms with Crippen LogP contribution in [-0.4, -0.2) is 66.8 Å². The first-order valence-electron chi connectivity index (χ1n) is 12.9. The lowest BCUT2D eigenvalue weighted by molar-refractivity contribution is -0.123. The number of halogens is 2. The van der Waals surface area contributed by atoms with Crippen molar-refractivity contribution in [2.45, 2.75) is 56.8 Å². The van der Waals surface area contributed by atoms with E-state index in [-0.39, 0.29) is 30.5 Å². The van der Waals surface area contributed by atoms with Gasteiger partial charge >= 0.3 is 0 Å². The molecule has 0 radical (unpaired) electrons. The number of ketones is 1. The number of hydrogen-bond acceptors (Lipinski definition) is 6. The molecule has 0 aromatic heterocycles. The maximum absolute atomic E-state index is 13.8. The van der Waals surface area contributed by atoms with E-state index in [1.165, 1.54) is 24.3 Å². The molecule has 0 bridgehead atoms. The van der Waals surface area contributed by atoms with Crippen molar-refractivity contribution in [1.29, 1.82) is 0 Å². The van der Waals surface area contributed by atoms with Gasteiger partial charge in [0.2, 0.25) is 5.91 Å². The van der Waals surface area contributed by atoms with Crippen LogP contribution in [0.3, 0.4) is 0 Å². The summed E-state index contributed by atoms with van der Waals surface area (Å²) in [6.45, 7) is 2.07. The van der Waals surface area contributed by atoms with E-state index in [2.05, 4.69) is 5.32 Å². The zero-order valence-corrected chi connectivity index (χ0v) is 20.8. The van der Waals surface area contributed by atoms with Crippen molar-refractivity contribution >= 4 is 11.7 Å². The number of carbonyl (C=O) groups is 2. The molecular formula is C28H34F2N2O5. The summed E-state index contributed by atoms with van der Waals surface area (Å²) in [6, 6.07) is 10.1. The molecule has 2 aliphatic rings. The highest BCUT2D eigenvalue weighted by atomic mass is 19.1. The number of nitrogens with zero attached hydrogens (tertiary/aromatic N) is 1. The van der Waals surface area contributed by atoms with Gasteiger partial charge in [-0.15, -0.1) is 0 Å². The second-order valence-electron chi connectivity index (χ2n) is 9.66. The molecule has 4 rings (SSSR count). The topological polar surface area (TPSA) is 88.1 Å². The molecule has 1 amide bonds. The Morgan fingerprint density at radius 1 is 1.03 bits per heavy atom. The average Bonchev–Trinajstić information content (AvgIpc) is 3.32. The molecule has 0 saturated carbocycles. The number of alkyl halides is 1. The van der Waals surface area contributed by atoms with E-state index in [1.807, 2.05) is 4.90 Å². The molecule has 2 heterocycles. The first-order chi connectivity index (χ1) is 17.9. The Bertz CT molecular complexity index is 1070. The summed E-state index contributed by atoms with van der Waals surface area (Å²) in [7, 11) is 0. The first kappa shape index (κ1) is 27.0. The van der Waals surface area contributed by atoms with Gasteiger partial charge in [0.05, 0.1) is 6.04 Å². The fourth-order valence-corrected chi connectivity index (χ4v) is 4.74. The van der Waals surface area contributed by atoms with Crippen LogP contribution in [-0.2, 0) is 4.79 Å². The molecule has 2 aromatic carbocycles. The lowest BCUT2D eigenvalue weighted by Gasteiger charge is -2.29. The van der Waals surface area contributed by atoms with Gasteiger partial charge in [-0.25, -0.2) is 8.78 Å². The zero-order valence-electron chi connectivity index (χ0n) is 20.8. The van der Waals surface area contributed by atoms with E-state index < -0.39 is 18.3 Å². The van der Waals surface area contributed by atoms with Gasteiger partial charge in [0.1, 0.15) is 31.3 Å². The highest BCUT2D eigenvalue weighted by molar-refractivity contribution is 5.95. The smallest absolute Gasteiger partial charge is 0.220 e. The predicted molar refractivity (Wildman–Crippen MR) is 134 cm³/mol. The zero-order chi connectivity index (χ0) is 26.2. The molecule has 37 heavy (non-hydrogen) atoms. The number of benzene rings is 2. The number of unbranched alkanes of at least 4 members (excludes halogenated alkanes) is 2. The van der Waals surface area contributed by atoms with Crippen molar-refractivity contribution < 1.29 is 33.0 Å². The minimum Gasteiger partial charge on any atom is -0.486 e. The molecule has 0 aliphatic carbocycles. The van der Waals surface area contributed by atoms with Crippen molar-refractivity contribution in [2.24, 2.45) is 0 Å². The first-order valence-corrected chi connectivity index (χ1v) is 12.9. The number of amides is 1. The van der Waals surface area contributed by atoms with E-state index in [0.717, 1.165) is 0 Å². The number of fused-ring (bicyclic) bond motifs is 1. The maximum Gasteiger partial charge on any atom is 0.220 e. The lowest BCUT2D eigenvalue weighted by atomic mass is 10.00. The van der Waals surface area contributed by atoms with Gasteiger partial charge in [0.25, 0.3) is 0 Å². The van der Waals surface area contributed by atoms with Crippen molar-refractivity contribution in [3.63, 3.8) is 0 Å². The summed E-state index contributed by atoms with van der Waals surface area (Å²) in [5.41, 5.74) is 1.07. The van der Waals surface area contributed by atoms with E-state index >= 15 is 0 Å². The SMILES string of the molecule is O=C(CCCCCC(=O)c1ccc(F)cc1)N[C@H](CN1CC[C@@H](F)C1)C(O)c1ccc2c(c1)OCCO2. The van der Waals surface area contributed by atoms with Gasteiger partial charge in [-0.05, 0) is 61.2 Å². The number of aliphatic hydroxyl groups is 1. The maximum atomic E-state index is 13.8. The van der Waals surface area contributed by atoms with E-state index in [1.54, 1.807) is 18.2 Å². The van der Waals surface area contributed by atoms with Crippen LogP contribution < -0.4 is 14.8 Å². The number of Topliss-reactive ketones (excluding diaryl/α,β-unsaturated/α-hetero) is 1. The van der Waals surface area contributed by atoms with E-state index in [0.29, 0.717) is 81.0 Å². The Morgan fingerprint density at radius 3 is 2.49 bits per heavy atom. The van der Waals surface area contributed by atoms with Crippen LogP contribution in [0.4, 0.5) is 8.78 Å². The normalized spacial score (nSPS) is 18.8. The summed E-state index contributed by atoms with van der Waals surface area (Å²) in [5.74, 6) is 0.522. The second-order valence-corrected chi connectivity index (χ2v) is 9.66. The number of ether oxygens (including phenoxy) is 2. The van der Waals surface area contributed by atoms with Crippen molar-refractivity contribution in [1.82, 2.24) is 10.2 Å². The Balaban J connectivity index is 1.28. The number of hydrogen-bond donors (Lipinski definition) is 2. The summed E-state index contributed by atoms with van der Waals surface area (Å²) < 4.78 is 38.0. The van der Waals surface area contributed by atoms with Crippen molar-refractivity contribution in [3.05, 3.63) is 59.4 Å². The Hall–Kier alpha value is -3.04. The molecule has 7 nitrogen and oxygen atoms in total. The number of aliphatic hydroxyl groups excluding tert-OH is 1. The van der Waals surface area contributed by atoms with Crippen LogP contribution in [0.2, 0.25) is 0 Å². The van der Waals surface area contributed by atoms with Crippen LogP contribution in [0.1, 0.15) is 60.6 Å². The van der Waals surface area contributed by atoms with Gasteiger partial charge in [0.15, 0.2) is 17.3 Å². The van der Waals surface area contributed by atoms with Gasteiger partial charge in [-0.3, -0.25) is 14.5 Å². The highest BCUT2D eigenvalue weighted by Gasteiger charge is 2.30. The summed E-state index contributed by atoms with van der Waals surface area (Å²) in [5, 5.41) is 14.1. The largest absolute Gasteiger partial charge is 0.486 e. The quantitative estimate of drug-likeness (QED) is 0.328. The van der Waals surface area contributed by atoms with Crippen LogP contribution >= 0.6 is 0 Å². The molecule has 1 fully saturated rings. The molecule has 2 aromatic rings. The van der Waals surface area contributed by atoms with Crippen LogP contribution in [0.15, 0.2) is 42.5 Å². The van der Waals surface area contributed by atoms with Gasteiger partial charge in [-0.2, -0.15) is 0 Å². The fraction of sp³-hybridized carbons (Fsp3) is 0.500. The fourth-order valence-electron chi connectivity index (χ4n) is 4.74. The minimum atomic E-state index is -1.01. The number of likely N-dealkylation sites (tertiary alicyclic amines) is 1. The van der Waals surface area contributed by atoms with Gasteiger partial charge in [-0.1, -0.05) is 12.5 Å². The summed E-state index contributed by atoms with van der Waals surface area (Å²) >= 11 is 0. The van der Waals surface area contributed by atoms with Crippen molar-refractivity contribution in [3.8, 4) is 11.5 Å². The molecule has 0 spiro atoms. The molecular weight excluding hydrogens is 482 g/mol. The van der Waals surface area contributed by atoms with Crippen LogP contribution in [0, 0.1) is 5.82 Å². The monoisotopic (exact) mass is 516 g/mol. The molecule has 200 valence electrons. The van der Waals surface area contributed by atoms with E-state index in [9.17, 15) is 23.5 Å². The lowest BCUT2D eigenvalue weighted by Crippen LogP contribution is -2.46. The van der Waals surface area contributed by atoms with Gasteiger partial charge in [0, 0.05) is 38.0 Å². The molecule has 1 saturated heterocycles. The minimum absolute atomic E-state index is 0.0520. The molecule has 1 unspecified atom stereocenters. The standard InChI is InChI=1S/C28H34F2N2O5/c29-21-9-6-19(7-10-21)24(33)4-2-1-3-5-27(34)31-23(18-32-13-12-22(30)17-32)28(35)20-8-11-25-26(16-20)37-15-14-36-25/h6-11,16,22-23,28,35H,1-5,12-15,17-18H2,(H,31,34)/t22-,23-,28?/m1/s1. The highest BCUT2D eigenvalue weighted by Crippen LogP contribution is 2.33. The Kier molecular flexibility index (Phi) is 9.46. The molecule has 2 N–H and O–H groups in total. The summed E-state index contributed by atoms with van der Waals surface area (Å²) in [4.78, 5) is 26.9. The van der Waals surface area contributed by atoms with Crippen molar-refractivity contribution in [2.75, 3.05) is 32.8 Å². The van der Waals surface area contributed by atoms with E-state index in [4.69, 9.17) is 9.47 Å². The molecule has 2 aliphatic heterocycles. The Labute approximate surface area is 215 Å². The number of rotatable bonds is 12. The summed E-state index contributed by atoms with van der Waals surface area (Å²) in [6.07, 6.45) is 1.01.